The maximum Gasteiger partial charge on any atom is 0.0951 e. The molecular weight excluding hydrogens is 230 g/mol. The number of ether oxygens (including phenoxy) is 3. The molecule has 0 radical (unpaired) electrons. The molecule has 18 heavy (non-hydrogen) atoms. The predicted octanol–water partition coefficient (Wildman–Crippen LogP) is 1.48. The minimum Gasteiger partial charge on any atom is -0.381 e. The molecule has 1 saturated carbocycles. The molecule has 1 aliphatic carbocycles. The van der Waals surface area contributed by atoms with Crippen LogP contribution in [0.15, 0.2) is 0 Å². The van der Waals surface area contributed by atoms with Gasteiger partial charge in [-0.3, -0.25) is 0 Å². The standard InChI is InChI=1S/C14H25NO3/c1-16-13-3-2-11(8-13)15-12-4-6-18-14(9-12)5-7-17-10-14/h11-13,15H,2-10H2,1H3. The molecule has 3 rings (SSSR count). The van der Waals surface area contributed by atoms with Gasteiger partial charge in [0.1, 0.15) is 0 Å². The first kappa shape index (κ1) is 12.9. The first-order chi connectivity index (χ1) is 8.80. The van der Waals surface area contributed by atoms with Gasteiger partial charge in [0, 0.05) is 38.8 Å². The summed E-state index contributed by atoms with van der Waals surface area (Å²) in [5, 5.41) is 3.82. The van der Waals surface area contributed by atoms with E-state index in [1.165, 1.54) is 12.8 Å². The zero-order chi connectivity index (χ0) is 12.4. The summed E-state index contributed by atoms with van der Waals surface area (Å²) in [6, 6.07) is 1.23. The Morgan fingerprint density at radius 3 is 2.83 bits per heavy atom. The third kappa shape index (κ3) is 2.72. The summed E-state index contributed by atoms with van der Waals surface area (Å²) in [5.74, 6) is 0. The Kier molecular flexibility index (Phi) is 3.89. The van der Waals surface area contributed by atoms with Crippen molar-refractivity contribution in [1.82, 2.24) is 5.32 Å². The van der Waals surface area contributed by atoms with E-state index in [4.69, 9.17) is 14.2 Å². The van der Waals surface area contributed by atoms with Crippen molar-refractivity contribution in [2.75, 3.05) is 26.9 Å². The van der Waals surface area contributed by atoms with Crippen molar-refractivity contribution in [3.05, 3.63) is 0 Å². The van der Waals surface area contributed by atoms with Gasteiger partial charge in [0.15, 0.2) is 0 Å². The van der Waals surface area contributed by atoms with Crippen LogP contribution < -0.4 is 5.32 Å². The highest BCUT2D eigenvalue weighted by molar-refractivity contribution is 4.94. The monoisotopic (exact) mass is 255 g/mol. The number of methoxy groups -OCH3 is 1. The predicted molar refractivity (Wildman–Crippen MR) is 68.7 cm³/mol. The van der Waals surface area contributed by atoms with Crippen LogP contribution in [-0.4, -0.2) is 50.7 Å². The van der Waals surface area contributed by atoms with Gasteiger partial charge < -0.3 is 19.5 Å². The van der Waals surface area contributed by atoms with Crippen molar-refractivity contribution in [3.8, 4) is 0 Å². The molecule has 4 heteroatoms. The van der Waals surface area contributed by atoms with Crippen LogP contribution in [0.5, 0.6) is 0 Å². The summed E-state index contributed by atoms with van der Waals surface area (Å²) in [6.07, 6.45) is 7.39. The summed E-state index contributed by atoms with van der Waals surface area (Å²) in [7, 11) is 1.83. The minimum atomic E-state index is 0.0230. The molecule has 2 aliphatic heterocycles. The topological polar surface area (TPSA) is 39.7 Å². The summed E-state index contributed by atoms with van der Waals surface area (Å²) in [6.45, 7) is 2.53. The van der Waals surface area contributed by atoms with E-state index < -0.39 is 0 Å². The van der Waals surface area contributed by atoms with Crippen LogP contribution >= 0.6 is 0 Å². The van der Waals surface area contributed by atoms with Gasteiger partial charge in [-0.2, -0.15) is 0 Å². The van der Waals surface area contributed by atoms with Gasteiger partial charge in [0.2, 0.25) is 0 Å². The smallest absolute Gasteiger partial charge is 0.0951 e. The quantitative estimate of drug-likeness (QED) is 0.829. The third-order valence-corrected chi connectivity index (χ3v) is 4.75. The van der Waals surface area contributed by atoms with E-state index >= 15 is 0 Å². The Morgan fingerprint density at radius 1 is 1.17 bits per heavy atom. The van der Waals surface area contributed by atoms with E-state index in [9.17, 15) is 0 Å². The van der Waals surface area contributed by atoms with Gasteiger partial charge in [0.25, 0.3) is 0 Å². The van der Waals surface area contributed by atoms with E-state index in [1.807, 2.05) is 7.11 Å². The molecule has 0 amide bonds. The Hall–Kier alpha value is -0.160. The summed E-state index contributed by atoms with van der Waals surface area (Å²) in [4.78, 5) is 0. The molecule has 4 nitrogen and oxygen atoms in total. The fourth-order valence-electron chi connectivity index (χ4n) is 3.67. The molecule has 4 unspecified atom stereocenters. The number of nitrogens with one attached hydrogen (secondary N) is 1. The average molecular weight is 255 g/mol. The first-order valence-corrected chi connectivity index (χ1v) is 7.30. The largest absolute Gasteiger partial charge is 0.381 e. The molecule has 3 fully saturated rings. The molecular formula is C14H25NO3. The molecule has 0 aromatic rings. The molecule has 4 atom stereocenters. The molecule has 0 bridgehead atoms. The maximum atomic E-state index is 5.97. The normalized spacial score (nSPS) is 44.8. The summed E-state index contributed by atoms with van der Waals surface area (Å²) < 4.78 is 16.9. The SMILES string of the molecule is COC1CCC(NC2CCOC3(CCOC3)C2)C1. The van der Waals surface area contributed by atoms with Crippen molar-refractivity contribution < 1.29 is 14.2 Å². The van der Waals surface area contributed by atoms with Gasteiger partial charge >= 0.3 is 0 Å². The highest BCUT2D eigenvalue weighted by Crippen LogP contribution is 2.33. The highest BCUT2D eigenvalue weighted by atomic mass is 16.6. The zero-order valence-electron chi connectivity index (χ0n) is 11.3. The van der Waals surface area contributed by atoms with Gasteiger partial charge in [-0.25, -0.2) is 0 Å². The van der Waals surface area contributed by atoms with E-state index in [1.54, 1.807) is 0 Å². The molecule has 2 saturated heterocycles. The van der Waals surface area contributed by atoms with Crippen molar-refractivity contribution in [2.45, 2.75) is 62.3 Å². The molecule has 1 spiro atoms. The lowest BCUT2D eigenvalue weighted by molar-refractivity contribution is -0.0903. The van der Waals surface area contributed by atoms with Gasteiger partial charge in [-0.05, 0) is 32.1 Å². The van der Waals surface area contributed by atoms with E-state index in [-0.39, 0.29) is 5.60 Å². The molecule has 104 valence electrons. The third-order valence-electron chi connectivity index (χ3n) is 4.75. The zero-order valence-corrected chi connectivity index (χ0v) is 11.3. The van der Waals surface area contributed by atoms with Crippen molar-refractivity contribution in [2.24, 2.45) is 0 Å². The molecule has 3 aliphatic rings. The number of rotatable bonds is 3. The van der Waals surface area contributed by atoms with Crippen LogP contribution in [0.25, 0.3) is 0 Å². The Balaban J connectivity index is 1.51. The number of hydrogen-bond acceptors (Lipinski definition) is 4. The molecule has 0 aromatic heterocycles. The second kappa shape index (κ2) is 5.45. The van der Waals surface area contributed by atoms with Crippen LogP contribution in [0, 0.1) is 0 Å². The number of hydrogen-bond donors (Lipinski definition) is 1. The van der Waals surface area contributed by atoms with E-state index in [2.05, 4.69) is 5.32 Å². The molecule has 0 aromatic carbocycles. The summed E-state index contributed by atoms with van der Waals surface area (Å²) >= 11 is 0. The second-order valence-corrected chi connectivity index (χ2v) is 6.06. The van der Waals surface area contributed by atoms with Crippen LogP contribution in [0.1, 0.15) is 38.5 Å². The average Bonchev–Trinajstić information content (AvgIpc) is 2.99. The Bertz CT molecular complexity index is 278. The van der Waals surface area contributed by atoms with Crippen LogP contribution in [0.4, 0.5) is 0 Å². The van der Waals surface area contributed by atoms with Crippen molar-refractivity contribution in [3.63, 3.8) is 0 Å². The van der Waals surface area contributed by atoms with Gasteiger partial charge in [0.05, 0.1) is 18.3 Å². The maximum absolute atomic E-state index is 5.97. The fourth-order valence-corrected chi connectivity index (χ4v) is 3.67. The lowest BCUT2D eigenvalue weighted by Crippen LogP contribution is -2.49. The second-order valence-electron chi connectivity index (χ2n) is 6.06. The van der Waals surface area contributed by atoms with E-state index in [0.29, 0.717) is 18.2 Å². The van der Waals surface area contributed by atoms with Gasteiger partial charge in [-0.1, -0.05) is 0 Å². The van der Waals surface area contributed by atoms with Gasteiger partial charge in [-0.15, -0.1) is 0 Å². The van der Waals surface area contributed by atoms with Crippen molar-refractivity contribution in [1.29, 1.82) is 0 Å². The summed E-state index contributed by atoms with van der Waals surface area (Å²) in [5.41, 5.74) is 0.0230. The highest BCUT2D eigenvalue weighted by Gasteiger charge is 2.41. The molecule has 2 heterocycles. The van der Waals surface area contributed by atoms with Crippen molar-refractivity contribution >= 4 is 0 Å². The first-order valence-electron chi connectivity index (χ1n) is 7.30. The van der Waals surface area contributed by atoms with E-state index in [0.717, 1.165) is 45.5 Å². The fraction of sp³-hybridized carbons (Fsp3) is 1.00. The van der Waals surface area contributed by atoms with Crippen LogP contribution in [0.3, 0.4) is 0 Å². The Labute approximate surface area is 109 Å². The van der Waals surface area contributed by atoms with Crippen LogP contribution in [-0.2, 0) is 14.2 Å². The lowest BCUT2D eigenvalue weighted by atomic mass is 9.89. The minimum absolute atomic E-state index is 0.0230. The molecule has 1 N–H and O–H groups in total. The van der Waals surface area contributed by atoms with Crippen LogP contribution in [0.2, 0.25) is 0 Å². The Morgan fingerprint density at radius 2 is 2.11 bits per heavy atom. The lowest BCUT2D eigenvalue weighted by Gasteiger charge is -2.38.